The molecule has 2 aromatic carbocycles. The fraction of sp³-hybridized carbons (Fsp3) is 0.200. The second kappa shape index (κ2) is 7.20. The molecule has 0 radical (unpaired) electrons. The smallest absolute Gasteiger partial charge is 0.0369 e. The van der Waals surface area contributed by atoms with Gasteiger partial charge in [0, 0.05) is 18.6 Å². The first-order valence-corrected chi connectivity index (χ1v) is 8.64. The number of rotatable bonds is 4. The van der Waals surface area contributed by atoms with Gasteiger partial charge in [0.05, 0.1) is 0 Å². The van der Waals surface area contributed by atoms with Gasteiger partial charge in [-0.1, -0.05) is 50.1 Å². The molecular formula is C15H14Br2IN. The highest BCUT2D eigenvalue weighted by Crippen LogP contribution is 2.28. The van der Waals surface area contributed by atoms with Gasteiger partial charge in [-0.05, 0) is 71.5 Å². The monoisotopic (exact) mass is 493 g/mol. The van der Waals surface area contributed by atoms with Crippen LogP contribution in [-0.4, -0.2) is 7.05 Å². The Balaban J connectivity index is 2.30. The van der Waals surface area contributed by atoms with Gasteiger partial charge < -0.3 is 5.32 Å². The highest BCUT2D eigenvalue weighted by molar-refractivity contribution is 14.1. The van der Waals surface area contributed by atoms with Gasteiger partial charge in [-0.15, -0.1) is 0 Å². The zero-order chi connectivity index (χ0) is 13.8. The molecule has 19 heavy (non-hydrogen) atoms. The van der Waals surface area contributed by atoms with Crippen molar-refractivity contribution in [3.8, 4) is 0 Å². The Bertz CT molecular complexity index is 572. The Morgan fingerprint density at radius 2 is 1.89 bits per heavy atom. The molecule has 1 nitrogen and oxygen atoms in total. The fourth-order valence-electron chi connectivity index (χ4n) is 2.03. The van der Waals surface area contributed by atoms with Crippen molar-refractivity contribution in [2.45, 2.75) is 12.5 Å². The van der Waals surface area contributed by atoms with Crippen molar-refractivity contribution in [3.05, 3.63) is 66.1 Å². The van der Waals surface area contributed by atoms with E-state index in [1.54, 1.807) is 0 Å². The number of likely N-dealkylation sites (N-methyl/N-ethyl adjacent to an activating group) is 1. The number of nitrogens with one attached hydrogen (secondary N) is 1. The molecule has 0 saturated carbocycles. The maximum Gasteiger partial charge on any atom is 0.0369 e. The second-order valence-electron chi connectivity index (χ2n) is 4.30. The van der Waals surface area contributed by atoms with Crippen LogP contribution in [0.4, 0.5) is 0 Å². The Morgan fingerprint density at radius 3 is 2.58 bits per heavy atom. The van der Waals surface area contributed by atoms with E-state index in [4.69, 9.17) is 0 Å². The Hall–Kier alpha value is 0.0900. The highest BCUT2D eigenvalue weighted by Gasteiger charge is 2.15. The lowest BCUT2D eigenvalue weighted by Gasteiger charge is -2.19. The normalized spacial score (nSPS) is 12.4. The predicted molar refractivity (Wildman–Crippen MR) is 96.5 cm³/mol. The zero-order valence-electron chi connectivity index (χ0n) is 10.5. The molecule has 0 heterocycles. The van der Waals surface area contributed by atoms with Gasteiger partial charge in [0.25, 0.3) is 0 Å². The summed E-state index contributed by atoms with van der Waals surface area (Å²) in [5.74, 6) is 0. The average Bonchev–Trinajstić information content (AvgIpc) is 2.41. The first-order valence-electron chi connectivity index (χ1n) is 5.97. The first-order chi connectivity index (χ1) is 9.11. The lowest BCUT2D eigenvalue weighted by atomic mass is 9.99. The molecule has 0 fully saturated rings. The fourth-order valence-corrected chi connectivity index (χ4v) is 3.57. The van der Waals surface area contributed by atoms with Crippen molar-refractivity contribution in [2.24, 2.45) is 0 Å². The van der Waals surface area contributed by atoms with Gasteiger partial charge >= 0.3 is 0 Å². The SMILES string of the molecule is CNC(Cc1ccccc1Br)c1cc(Br)ccc1I. The Labute approximate surface area is 144 Å². The van der Waals surface area contributed by atoms with Gasteiger partial charge in [-0.25, -0.2) is 0 Å². The van der Waals surface area contributed by atoms with Crippen LogP contribution in [0.25, 0.3) is 0 Å². The third-order valence-electron chi connectivity index (χ3n) is 3.06. The third kappa shape index (κ3) is 4.03. The predicted octanol–water partition coefficient (Wildman–Crippen LogP) is 5.32. The van der Waals surface area contributed by atoms with E-state index in [0.717, 1.165) is 10.9 Å². The molecule has 0 bridgehead atoms. The molecule has 4 heteroatoms. The van der Waals surface area contributed by atoms with Crippen LogP contribution in [0.2, 0.25) is 0 Å². The number of hydrogen-bond acceptors (Lipinski definition) is 1. The molecule has 0 spiro atoms. The molecule has 1 unspecified atom stereocenters. The standard InChI is InChI=1S/C15H14Br2IN/c1-19-15(8-10-4-2-3-5-13(10)17)12-9-11(16)6-7-14(12)18/h2-7,9,15,19H,8H2,1H3. The van der Waals surface area contributed by atoms with Crippen LogP contribution in [0.3, 0.4) is 0 Å². The number of hydrogen-bond donors (Lipinski definition) is 1. The van der Waals surface area contributed by atoms with Crippen LogP contribution in [0.5, 0.6) is 0 Å². The lowest BCUT2D eigenvalue weighted by molar-refractivity contribution is 0.588. The Kier molecular flexibility index (Phi) is 5.87. The summed E-state index contributed by atoms with van der Waals surface area (Å²) < 4.78 is 3.57. The van der Waals surface area contributed by atoms with Gasteiger partial charge in [-0.3, -0.25) is 0 Å². The van der Waals surface area contributed by atoms with E-state index in [9.17, 15) is 0 Å². The quantitative estimate of drug-likeness (QED) is 0.567. The molecule has 2 aromatic rings. The van der Waals surface area contributed by atoms with Gasteiger partial charge in [0.1, 0.15) is 0 Å². The van der Waals surface area contributed by atoms with Crippen LogP contribution >= 0.6 is 54.5 Å². The summed E-state index contributed by atoms with van der Waals surface area (Å²) in [5, 5.41) is 3.42. The maximum absolute atomic E-state index is 3.62. The highest BCUT2D eigenvalue weighted by atomic mass is 127. The topological polar surface area (TPSA) is 12.0 Å². The molecule has 0 saturated heterocycles. The van der Waals surface area contributed by atoms with Gasteiger partial charge in [-0.2, -0.15) is 0 Å². The van der Waals surface area contributed by atoms with E-state index in [-0.39, 0.29) is 0 Å². The molecule has 0 aliphatic heterocycles. The van der Waals surface area contributed by atoms with Crippen molar-refractivity contribution in [3.63, 3.8) is 0 Å². The van der Waals surface area contributed by atoms with E-state index >= 15 is 0 Å². The summed E-state index contributed by atoms with van der Waals surface area (Å²) in [6.45, 7) is 0. The van der Waals surface area contributed by atoms with Gasteiger partial charge in [0.2, 0.25) is 0 Å². The average molecular weight is 495 g/mol. The summed E-state index contributed by atoms with van der Waals surface area (Å²) in [4.78, 5) is 0. The summed E-state index contributed by atoms with van der Waals surface area (Å²) in [6, 6.07) is 15.1. The molecule has 2 rings (SSSR count). The Morgan fingerprint density at radius 1 is 1.16 bits per heavy atom. The molecule has 0 aromatic heterocycles. The minimum absolute atomic E-state index is 0.308. The summed E-state index contributed by atoms with van der Waals surface area (Å²) >= 11 is 9.57. The van der Waals surface area contributed by atoms with Crippen LogP contribution in [-0.2, 0) is 6.42 Å². The minimum atomic E-state index is 0.308. The van der Waals surface area contributed by atoms with Crippen molar-refractivity contribution in [1.82, 2.24) is 5.32 Å². The van der Waals surface area contributed by atoms with Crippen molar-refractivity contribution < 1.29 is 0 Å². The molecular weight excluding hydrogens is 481 g/mol. The van der Waals surface area contributed by atoms with E-state index in [1.165, 1.54) is 19.2 Å². The largest absolute Gasteiger partial charge is 0.313 e. The van der Waals surface area contributed by atoms with E-state index in [0.29, 0.717) is 6.04 Å². The van der Waals surface area contributed by atoms with E-state index in [1.807, 2.05) is 13.1 Å². The van der Waals surface area contributed by atoms with Crippen LogP contribution < -0.4 is 5.32 Å². The summed E-state index contributed by atoms with van der Waals surface area (Å²) in [5.41, 5.74) is 2.64. The number of benzene rings is 2. The zero-order valence-corrected chi connectivity index (χ0v) is 15.8. The molecule has 0 aliphatic rings. The van der Waals surface area contributed by atoms with Crippen molar-refractivity contribution >= 4 is 54.5 Å². The van der Waals surface area contributed by atoms with Crippen molar-refractivity contribution in [2.75, 3.05) is 7.05 Å². The number of halogens is 3. The maximum atomic E-state index is 3.62. The first kappa shape index (κ1) is 15.5. The molecule has 100 valence electrons. The molecule has 0 aliphatic carbocycles. The second-order valence-corrected chi connectivity index (χ2v) is 7.23. The van der Waals surface area contributed by atoms with Crippen molar-refractivity contribution in [1.29, 1.82) is 0 Å². The van der Waals surface area contributed by atoms with Crippen LogP contribution in [0, 0.1) is 3.57 Å². The third-order valence-corrected chi connectivity index (χ3v) is 5.31. The molecule has 0 amide bonds. The van der Waals surface area contributed by atoms with E-state index in [2.05, 4.69) is 96.2 Å². The molecule has 1 N–H and O–H groups in total. The minimum Gasteiger partial charge on any atom is -0.313 e. The van der Waals surface area contributed by atoms with Gasteiger partial charge in [0.15, 0.2) is 0 Å². The summed E-state index contributed by atoms with van der Waals surface area (Å²) in [6.07, 6.45) is 0.963. The lowest BCUT2D eigenvalue weighted by Crippen LogP contribution is -2.20. The molecule has 1 atom stereocenters. The summed E-state index contributed by atoms with van der Waals surface area (Å²) in [7, 11) is 2.01. The van der Waals surface area contributed by atoms with Crippen LogP contribution in [0.1, 0.15) is 17.2 Å². The van der Waals surface area contributed by atoms with E-state index < -0.39 is 0 Å². The van der Waals surface area contributed by atoms with Crippen LogP contribution in [0.15, 0.2) is 51.4 Å².